The Morgan fingerprint density at radius 1 is 1.53 bits per heavy atom. The molecule has 2 N–H and O–H groups in total. The summed E-state index contributed by atoms with van der Waals surface area (Å²) in [6, 6.07) is 6.08. The predicted molar refractivity (Wildman–Crippen MR) is 71.6 cm³/mol. The molecule has 1 aliphatic heterocycles. The molecule has 4 heteroatoms. The van der Waals surface area contributed by atoms with Crippen molar-refractivity contribution in [2.45, 2.75) is 32.4 Å². The number of hydrogen-bond acceptors (Lipinski definition) is 2. The van der Waals surface area contributed by atoms with Crippen LogP contribution in [0.5, 0.6) is 0 Å². The van der Waals surface area contributed by atoms with E-state index < -0.39 is 0 Å². The first-order chi connectivity index (χ1) is 8.04. The number of halogens is 1. The lowest BCUT2D eigenvalue weighted by Gasteiger charge is -2.27. The van der Waals surface area contributed by atoms with Gasteiger partial charge in [0.25, 0.3) is 0 Å². The number of carbonyl (C=O) groups excluding carboxylic acids is 1. The topological polar surface area (TPSA) is 46.3 Å². The van der Waals surface area contributed by atoms with Crippen molar-refractivity contribution < 1.29 is 4.79 Å². The van der Waals surface area contributed by atoms with Crippen LogP contribution in [0.4, 0.5) is 0 Å². The maximum Gasteiger partial charge on any atom is 0.224 e. The minimum absolute atomic E-state index is 0.00229. The number of likely N-dealkylation sites (tertiary alicyclic amines) is 1. The molecule has 1 aliphatic rings. The fraction of sp³-hybridized carbons (Fsp3) is 0.462. The smallest absolute Gasteiger partial charge is 0.224 e. The van der Waals surface area contributed by atoms with Gasteiger partial charge >= 0.3 is 0 Å². The normalized spacial score (nSPS) is 24.5. The average molecular weight is 297 g/mol. The van der Waals surface area contributed by atoms with Gasteiger partial charge in [0, 0.05) is 23.5 Å². The van der Waals surface area contributed by atoms with Gasteiger partial charge in [0.15, 0.2) is 0 Å². The van der Waals surface area contributed by atoms with Crippen LogP contribution in [-0.4, -0.2) is 23.4 Å². The number of rotatable bonds is 2. The van der Waals surface area contributed by atoms with Crippen LogP contribution in [0.25, 0.3) is 0 Å². The highest BCUT2D eigenvalue weighted by Gasteiger charge is 2.38. The van der Waals surface area contributed by atoms with Gasteiger partial charge in [-0.2, -0.15) is 0 Å². The van der Waals surface area contributed by atoms with Gasteiger partial charge in [-0.25, -0.2) is 0 Å². The van der Waals surface area contributed by atoms with Crippen LogP contribution in [0, 0.1) is 6.92 Å². The van der Waals surface area contributed by atoms with E-state index in [0.717, 1.165) is 10.0 Å². The molecule has 0 saturated carbocycles. The van der Waals surface area contributed by atoms with E-state index in [-0.39, 0.29) is 18.0 Å². The van der Waals surface area contributed by atoms with Crippen LogP contribution >= 0.6 is 15.9 Å². The summed E-state index contributed by atoms with van der Waals surface area (Å²) in [5, 5.41) is 0. The van der Waals surface area contributed by atoms with Gasteiger partial charge in [-0.05, 0) is 31.0 Å². The van der Waals surface area contributed by atoms with Crippen LogP contribution in [0.15, 0.2) is 22.7 Å². The Morgan fingerprint density at radius 3 is 2.82 bits per heavy atom. The van der Waals surface area contributed by atoms with Crippen molar-refractivity contribution in [2.75, 3.05) is 6.54 Å². The van der Waals surface area contributed by atoms with E-state index in [0.29, 0.717) is 13.0 Å². The van der Waals surface area contributed by atoms with Crippen LogP contribution in [-0.2, 0) is 4.79 Å². The van der Waals surface area contributed by atoms with Gasteiger partial charge in [-0.3, -0.25) is 4.79 Å². The minimum Gasteiger partial charge on any atom is -0.334 e. The Kier molecular flexibility index (Phi) is 3.54. The summed E-state index contributed by atoms with van der Waals surface area (Å²) < 4.78 is 1.03. The summed E-state index contributed by atoms with van der Waals surface area (Å²) in [4.78, 5) is 13.7. The zero-order valence-corrected chi connectivity index (χ0v) is 11.7. The van der Waals surface area contributed by atoms with Crippen molar-refractivity contribution in [3.63, 3.8) is 0 Å². The third kappa shape index (κ3) is 2.24. The van der Waals surface area contributed by atoms with Gasteiger partial charge in [0.05, 0.1) is 6.04 Å². The molecule has 0 spiro atoms. The highest BCUT2D eigenvalue weighted by molar-refractivity contribution is 9.10. The van der Waals surface area contributed by atoms with E-state index >= 15 is 0 Å². The molecule has 2 rings (SSSR count). The molecule has 0 aromatic heterocycles. The minimum atomic E-state index is -0.110. The molecule has 0 aliphatic carbocycles. The summed E-state index contributed by atoms with van der Waals surface area (Å²) in [5.74, 6) is 0.150. The Labute approximate surface area is 110 Å². The molecule has 1 aromatic rings. The van der Waals surface area contributed by atoms with Crippen LogP contribution in [0.3, 0.4) is 0 Å². The summed E-state index contributed by atoms with van der Waals surface area (Å²) in [6.07, 6.45) is 0.443. The number of carbonyl (C=O) groups is 1. The Hall–Kier alpha value is -0.870. The second kappa shape index (κ2) is 4.78. The number of hydrogen-bond donors (Lipinski definition) is 1. The van der Waals surface area contributed by atoms with E-state index in [2.05, 4.69) is 34.1 Å². The molecule has 2 unspecified atom stereocenters. The van der Waals surface area contributed by atoms with Crippen molar-refractivity contribution in [3.05, 3.63) is 33.8 Å². The third-order valence-corrected chi connectivity index (χ3v) is 3.97. The standard InChI is InChI=1S/C13H17BrN2O/c1-3-16-12(17)7-11(15)13(16)9-5-4-8(2)6-10(9)14/h4-6,11,13H,3,7,15H2,1-2H3. The number of nitrogens with zero attached hydrogens (tertiary/aromatic N) is 1. The first-order valence-electron chi connectivity index (χ1n) is 5.85. The van der Waals surface area contributed by atoms with Gasteiger partial charge in [0.2, 0.25) is 5.91 Å². The van der Waals surface area contributed by atoms with E-state index in [9.17, 15) is 4.79 Å². The van der Waals surface area contributed by atoms with Crippen molar-refractivity contribution >= 4 is 21.8 Å². The first-order valence-corrected chi connectivity index (χ1v) is 6.65. The molecule has 17 heavy (non-hydrogen) atoms. The molecule has 1 saturated heterocycles. The van der Waals surface area contributed by atoms with Crippen LogP contribution in [0.2, 0.25) is 0 Å². The van der Waals surface area contributed by atoms with Crippen molar-refractivity contribution in [1.29, 1.82) is 0 Å². The quantitative estimate of drug-likeness (QED) is 0.911. The van der Waals surface area contributed by atoms with E-state index in [1.54, 1.807) is 0 Å². The van der Waals surface area contributed by atoms with E-state index in [1.165, 1.54) is 5.56 Å². The Bertz CT molecular complexity index is 447. The van der Waals surface area contributed by atoms with Gasteiger partial charge in [-0.1, -0.05) is 28.1 Å². The number of aryl methyl sites for hydroxylation is 1. The monoisotopic (exact) mass is 296 g/mol. The van der Waals surface area contributed by atoms with Crippen molar-refractivity contribution in [3.8, 4) is 0 Å². The zero-order chi connectivity index (χ0) is 12.6. The molecule has 1 aromatic carbocycles. The largest absolute Gasteiger partial charge is 0.334 e. The maximum absolute atomic E-state index is 11.8. The summed E-state index contributed by atoms with van der Waals surface area (Å²) in [5.41, 5.74) is 8.39. The molecular formula is C13H17BrN2O. The van der Waals surface area contributed by atoms with E-state index in [4.69, 9.17) is 5.73 Å². The number of likely N-dealkylation sites (N-methyl/N-ethyl adjacent to an activating group) is 1. The fourth-order valence-corrected chi connectivity index (χ4v) is 3.19. The summed E-state index contributed by atoms with van der Waals surface area (Å²) >= 11 is 3.57. The number of amides is 1. The third-order valence-electron chi connectivity index (χ3n) is 3.29. The molecule has 0 radical (unpaired) electrons. The highest BCUT2D eigenvalue weighted by atomic mass is 79.9. The molecule has 2 atom stereocenters. The lowest BCUT2D eigenvalue weighted by molar-refractivity contribution is -0.128. The molecule has 0 bridgehead atoms. The highest BCUT2D eigenvalue weighted by Crippen LogP contribution is 2.35. The van der Waals surface area contributed by atoms with Crippen LogP contribution in [0.1, 0.15) is 30.5 Å². The molecule has 1 fully saturated rings. The zero-order valence-electron chi connectivity index (χ0n) is 10.1. The predicted octanol–water partition coefficient (Wildman–Crippen LogP) is 2.38. The molecule has 1 heterocycles. The maximum atomic E-state index is 11.8. The van der Waals surface area contributed by atoms with Gasteiger partial charge in [-0.15, -0.1) is 0 Å². The molecule has 3 nitrogen and oxygen atoms in total. The van der Waals surface area contributed by atoms with Gasteiger partial charge < -0.3 is 10.6 Å². The second-order valence-corrected chi connectivity index (χ2v) is 5.37. The molecular weight excluding hydrogens is 280 g/mol. The first kappa shape index (κ1) is 12.6. The van der Waals surface area contributed by atoms with Crippen molar-refractivity contribution in [1.82, 2.24) is 4.90 Å². The number of benzene rings is 1. The van der Waals surface area contributed by atoms with Gasteiger partial charge in [0.1, 0.15) is 0 Å². The average Bonchev–Trinajstić information content (AvgIpc) is 2.53. The van der Waals surface area contributed by atoms with E-state index in [1.807, 2.05) is 18.7 Å². The summed E-state index contributed by atoms with van der Waals surface area (Å²) in [6.45, 7) is 4.74. The fourth-order valence-electron chi connectivity index (χ4n) is 2.46. The Morgan fingerprint density at radius 2 is 2.24 bits per heavy atom. The molecule has 1 amide bonds. The second-order valence-electron chi connectivity index (χ2n) is 4.52. The SMILES string of the molecule is CCN1C(=O)CC(N)C1c1ccc(C)cc1Br. The molecule has 92 valence electrons. The lowest BCUT2D eigenvalue weighted by Crippen LogP contribution is -2.33. The van der Waals surface area contributed by atoms with Crippen molar-refractivity contribution in [2.24, 2.45) is 5.73 Å². The summed E-state index contributed by atoms with van der Waals surface area (Å²) in [7, 11) is 0. The Balaban J connectivity index is 2.41. The lowest BCUT2D eigenvalue weighted by atomic mass is 10.00. The van der Waals surface area contributed by atoms with Crippen LogP contribution < -0.4 is 5.73 Å². The number of nitrogens with two attached hydrogens (primary N) is 1.